The molecule has 23 heavy (non-hydrogen) atoms. The lowest BCUT2D eigenvalue weighted by Gasteiger charge is -2.14. The molecule has 0 aromatic carbocycles. The van der Waals surface area contributed by atoms with Gasteiger partial charge in [-0.05, 0) is 6.92 Å². The first-order valence-corrected chi connectivity index (χ1v) is 7.67. The van der Waals surface area contributed by atoms with Crippen LogP contribution in [0.4, 0.5) is 0 Å². The van der Waals surface area contributed by atoms with Gasteiger partial charge in [0.05, 0.1) is 19.8 Å². The fourth-order valence-electron chi connectivity index (χ4n) is 2.08. The van der Waals surface area contributed by atoms with Gasteiger partial charge in [0.15, 0.2) is 5.78 Å². The molecule has 0 aliphatic carbocycles. The van der Waals surface area contributed by atoms with Crippen LogP contribution in [-0.2, 0) is 28.7 Å². The van der Waals surface area contributed by atoms with Crippen LogP contribution in [0.1, 0.15) is 26.7 Å². The minimum absolute atomic E-state index is 0.0402. The number of carbonyl (C=O) groups excluding carboxylic acids is 4. The molecule has 1 rings (SSSR count). The molecule has 1 unspecified atom stereocenters. The standard InChI is InChI=1S/C15H24N2O6/c1-11-9-14(20)17(15(11)21)5-3-13(19)16-4-6-22-7-8-23-10-12(2)18/h11H,3-10H2,1-2H3,(H,16,19). The molecule has 1 aliphatic heterocycles. The zero-order valence-electron chi connectivity index (χ0n) is 13.6. The van der Waals surface area contributed by atoms with E-state index in [1.807, 2.05) is 0 Å². The molecule has 1 aliphatic rings. The zero-order chi connectivity index (χ0) is 17.2. The Morgan fingerprint density at radius 3 is 2.52 bits per heavy atom. The number of rotatable bonds is 11. The van der Waals surface area contributed by atoms with Gasteiger partial charge >= 0.3 is 0 Å². The van der Waals surface area contributed by atoms with E-state index in [0.717, 1.165) is 4.90 Å². The molecule has 1 heterocycles. The Balaban J connectivity index is 2.01. The monoisotopic (exact) mass is 328 g/mol. The molecule has 8 nitrogen and oxygen atoms in total. The maximum Gasteiger partial charge on any atom is 0.232 e. The number of imide groups is 1. The molecule has 0 saturated carbocycles. The van der Waals surface area contributed by atoms with E-state index in [9.17, 15) is 19.2 Å². The third-order valence-electron chi connectivity index (χ3n) is 3.28. The van der Waals surface area contributed by atoms with Crippen molar-refractivity contribution in [2.45, 2.75) is 26.7 Å². The third kappa shape index (κ3) is 7.34. The van der Waals surface area contributed by atoms with E-state index in [2.05, 4.69) is 5.32 Å². The number of ketones is 1. The minimum atomic E-state index is -0.288. The minimum Gasteiger partial charge on any atom is -0.377 e. The quantitative estimate of drug-likeness (QED) is 0.406. The Hall–Kier alpha value is -1.80. The van der Waals surface area contributed by atoms with Crippen LogP contribution >= 0.6 is 0 Å². The van der Waals surface area contributed by atoms with Gasteiger partial charge in [0, 0.05) is 31.8 Å². The summed E-state index contributed by atoms with van der Waals surface area (Å²) in [7, 11) is 0. The summed E-state index contributed by atoms with van der Waals surface area (Å²) in [6.07, 6.45) is 0.311. The van der Waals surface area contributed by atoms with Crippen LogP contribution in [0.25, 0.3) is 0 Å². The van der Waals surface area contributed by atoms with Crippen LogP contribution in [0.15, 0.2) is 0 Å². The fraction of sp³-hybridized carbons (Fsp3) is 0.733. The third-order valence-corrected chi connectivity index (χ3v) is 3.28. The lowest BCUT2D eigenvalue weighted by Crippen LogP contribution is -2.35. The normalized spacial score (nSPS) is 17.7. The molecule has 0 aromatic heterocycles. The van der Waals surface area contributed by atoms with Gasteiger partial charge in [0.1, 0.15) is 6.61 Å². The highest BCUT2D eigenvalue weighted by molar-refractivity contribution is 6.03. The van der Waals surface area contributed by atoms with Crippen molar-refractivity contribution in [3.63, 3.8) is 0 Å². The number of Topliss-reactive ketones (excluding diaryl/α,β-unsaturated/α-hetero) is 1. The molecule has 3 amide bonds. The summed E-state index contributed by atoms with van der Waals surface area (Å²) in [4.78, 5) is 46.6. The van der Waals surface area contributed by atoms with Crippen molar-refractivity contribution in [1.29, 1.82) is 0 Å². The van der Waals surface area contributed by atoms with E-state index in [0.29, 0.717) is 26.4 Å². The largest absolute Gasteiger partial charge is 0.377 e. The van der Waals surface area contributed by atoms with E-state index in [1.54, 1.807) is 6.92 Å². The topological polar surface area (TPSA) is 102 Å². The van der Waals surface area contributed by atoms with Gasteiger partial charge in [-0.1, -0.05) is 6.92 Å². The molecule has 130 valence electrons. The highest BCUT2D eigenvalue weighted by Crippen LogP contribution is 2.18. The predicted octanol–water partition coefficient (Wildman–Crippen LogP) is -0.490. The smallest absolute Gasteiger partial charge is 0.232 e. The number of ether oxygens (including phenoxy) is 2. The van der Waals surface area contributed by atoms with Crippen molar-refractivity contribution in [3.05, 3.63) is 0 Å². The van der Waals surface area contributed by atoms with Crippen LogP contribution in [0.5, 0.6) is 0 Å². The Morgan fingerprint density at radius 2 is 1.91 bits per heavy atom. The second-order valence-electron chi connectivity index (χ2n) is 5.46. The molecule has 0 spiro atoms. The van der Waals surface area contributed by atoms with Gasteiger partial charge in [-0.2, -0.15) is 0 Å². The van der Waals surface area contributed by atoms with E-state index >= 15 is 0 Å². The molecular weight excluding hydrogens is 304 g/mol. The van der Waals surface area contributed by atoms with E-state index in [-0.39, 0.29) is 55.4 Å². The number of carbonyl (C=O) groups is 4. The first-order valence-electron chi connectivity index (χ1n) is 7.67. The lowest BCUT2D eigenvalue weighted by molar-refractivity contribution is -0.139. The Kier molecular flexibility index (Phi) is 8.42. The van der Waals surface area contributed by atoms with Crippen molar-refractivity contribution < 1.29 is 28.7 Å². The number of nitrogens with one attached hydrogen (secondary N) is 1. The summed E-state index contributed by atoms with van der Waals surface area (Å²) in [6.45, 7) is 4.68. The number of hydrogen-bond donors (Lipinski definition) is 1. The zero-order valence-corrected chi connectivity index (χ0v) is 13.6. The van der Waals surface area contributed by atoms with Crippen LogP contribution < -0.4 is 5.32 Å². The molecule has 1 saturated heterocycles. The second kappa shape index (κ2) is 10.1. The summed E-state index contributed by atoms with van der Waals surface area (Å²) in [6, 6.07) is 0. The number of nitrogens with zero attached hydrogens (tertiary/aromatic N) is 1. The van der Waals surface area contributed by atoms with E-state index in [4.69, 9.17) is 9.47 Å². The van der Waals surface area contributed by atoms with Crippen LogP contribution in [-0.4, -0.2) is 67.9 Å². The summed E-state index contributed by atoms with van der Waals surface area (Å²) in [5, 5.41) is 2.65. The summed E-state index contributed by atoms with van der Waals surface area (Å²) >= 11 is 0. The molecule has 0 bridgehead atoms. The highest BCUT2D eigenvalue weighted by atomic mass is 16.5. The summed E-state index contributed by atoms with van der Waals surface area (Å²) in [5.74, 6) is -0.992. The maximum absolute atomic E-state index is 11.7. The Labute approximate surface area is 135 Å². The van der Waals surface area contributed by atoms with Crippen LogP contribution in [0, 0.1) is 5.92 Å². The number of likely N-dealkylation sites (tertiary alicyclic amines) is 1. The SMILES string of the molecule is CC(=O)COCCOCCNC(=O)CCN1C(=O)CC(C)C1=O. The van der Waals surface area contributed by atoms with E-state index < -0.39 is 0 Å². The summed E-state index contributed by atoms with van der Waals surface area (Å²) < 4.78 is 10.2. The van der Waals surface area contributed by atoms with Gasteiger partial charge < -0.3 is 14.8 Å². The fourth-order valence-corrected chi connectivity index (χ4v) is 2.08. The van der Waals surface area contributed by atoms with Gasteiger partial charge in [-0.15, -0.1) is 0 Å². The van der Waals surface area contributed by atoms with Gasteiger partial charge in [0.2, 0.25) is 17.7 Å². The van der Waals surface area contributed by atoms with E-state index in [1.165, 1.54) is 6.92 Å². The average Bonchev–Trinajstić information content (AvgIpc) is 2.72. The van der Waals surface area contributed by atoms with Crippen molar-refractivity contribution in [1.82, 2.24) is 10.2 Å². The van der Waals surface area contributed by atoms with Crippen LogP contribution in [0.2, 0.25) is 0 Å². The molecule has 0 aromatic rings. The molecule has 1 fully saturated rings. The van der Waals surface area contributed by atoms with Crippen molar-refractivity contribution in [3.8, 4) is 0 Å². The lowest BCUT2D eigenvalue weighted by atomic mass is 10.1. The molecule has 8 heteroatoms. The van der Waals surface area contributed by atoms with Crippen molar-refractivity contribution in [2.24, 2.45) is 5.92 Å². The average molecular weight is 328 g/mol. The summed E-state index contributed by atoms with van der Waals surface area (Å²) in [5.41, 5.74) is 0. The molecule has 1 N–H and O–H groups in total. The molecule has 0 radical (unpaired) electrons. The van der Waals surface area contributed by atoms with Crippen molar-refractivity contribution >= 4 is 23.5 Å². The van der Waals surface area contributed by atoms with Gasteiger partial charge in [0.25, 0.3) is 0 Å². The maximum atomic E-state index is 11.7. The molecule has 1 atom stereocenters. The first kappa shape index (κ1) is 19.2. The van der Waals surface area contributed by atoms with Gasteiger partial charge in [-0.25, -0.2) is 0 Å². The Bertz CT molecular complexity index is 451. The first-order chi connectivity index (χ1) is 10.9. The number of amides is 3. The Morgan fingerprint density at radius 1 is 1.22 bits per heavy atom. The molecular formula is C15H24N2O6. The van der Waals surface area contributed by atoms with Gasteiger partial charge in [-0.3, -0.25) is 24.1 Å². The predicted molar refractivity (Wildman–Crippen MR) is 80.4 cm³/mol. The second-order valence-corrected chi connectivity index (χ2v) is 5.46. The van der Waals surface area contributed by atoms with Crippen LogP contribution in [0.3, 0.4) is 0 Å². The number of hydrogen-bond acceptors (Lipinski definition) is 6. The van der Waals surface area contributed by atoms with Crippen molar-refractivity contribution in [2.75, 3.05) is 39.5 Å². The highest BCUT2D eigenvalue weighted by Gasteiger charge is 2.35.